The number of hydrogen-bond acceptors (Lipinski definition) is 3. The zero-order chi connectivity index (χ0) is 21.3. The monoisotopic (exact) mass is 418 g/mol. The van der Waals surface area contributed by atoms with Crippen molar-refractivity contribution in [1.29, 1.82) is 0 Å². The summed E-state index contributed by atoms with van der Waals surface area (Å²) in [6.07, 6.45) is 0.156. The number of amides is 3. The average Bonchev–Trinajstić information content (AvgIpc) is 2.97. The Bertz CT molecular complexity index is 1120. The molecule has 0 spiro atoms. The fourth-order valence-electron chi connectivity index (χ4n) is 3.63. The number of fused-ring (bicyclic) bond motifs is 1. The zero-order valence-electron chi connectivity index (χ0n) is 16.3. The maximum atomic E-state index is 13.3. The van der Waals surface area contributed by atoms with Crippen molar-refractivity contribution >= 4 is 35.0 Å². The van der Waals surface area contributed by atoms with E-state index in [0.29, 0.717) is 21.8 Å². The molecule has 1 N–H and O–H groups in total. The first-order valence-corrected chi connectivity index (χ1v) is 9.91. The van der Waals surface area contributed by atoms with Crippen LogP contribution in [0.5, 0.6) is 0 Å². The molecule has 30 heavy (non-hydrogen) atoms. The first kappa shape index (κ1) is 19.9. The van der Waals surface area contributed by atoms with Gasteiger partial charge in [-0.3, -0.25) is 19.3 Å². The first-order valence-electron chi connectivity index (χ1n) is 9.53. The van der Waals surface area contributed by atoms with Crippen LogP contribution >= 0.6 is 11.6 Å². The van der Waals surface area contributed by atoms with Gasteiger partial charge in [0.1, 0.15) is 6.04 Å². The Balaban J connectivity index is 1.69. The Hall–Kier alpha value is -3.44. The smallest absolute Gasteiger partial charge is 0.262 e. The predicted molar refractivity (Wildman–Crippen MR) is 116 cm³/mol. The Morgan fingerprint density at radius 1 is 0.933 bits per heavy atom. The number of carbonyl (C=O) groups excluding carboxylic acids is 3. The molecule has 0 saturated heterocycles. The number of nitrogens with one attached hydrogen (secondary N) is 1. The van der Waals surface area contributed by atoms with Gasteiger partial charge in [0, 0.05) is 17.1 Å². The number of halogens is 1. The lowest BCUT2D eigenvalue weighted by atomic mass is 10.0. The van der Waals surface area contributed by atoms with E-state index in [2.05, 4.69) is 5.32 Å². The first-order chi connectivity index (χ1) is 14.4. The highest BCUT2D eigenvalue weighted by Crippen LogP contribution is 2.27. The van der Waals surface area contributed by atoms with Crippen LogP contribution in [-0.2, 0) is 11.2 Å². The summed E-state index contributed by atoms with van der Waals surface area (Å²) in [4.78, 5) is 40.3. The third-order valence-electron chi connectivity index (χ3n) is 5.04. The molecule has 0 fully saturated rings. The lowest BCUT2D eigenvalue weighted by molar-refractivity contribution is -0.119. The van der Waals surface area contributed by atoms with Crippen LogP contribution in [0.1, 0.15) is 31.8 Å². The van der Waals surface area contributed by atoms with Gasteiger partial charge in [0.25, 0.3) is 11.8 Å². The van der Waals surface area contributed by atoms with Crippen LogP contribution in [0.15, 0.2) is 72.8 Å². The molecule has 1 aliphatic heterocycles. The van der Waals surface area contributed by atoms with Gasteiger partial charge in [0.05, 0.1) is 11.1 Å². The van der Waals surface area contributed by atoms with Gasteiger partial charge < -0.3 is 5.32 Å². The number of nitrogens with zero attached hydrogens (tertiary/aromatic N) is 1. The minimum absolute atomic E-state index is 0.156. The zero-order valence-corrected chi connectivity index (χ0v) is 17.0. The average molecular weight is 419 g/mol. The minimum atomic E-state index is -1.02. The number of imide groups is 1. The highest BCUT2D eigenvalue weighted by molar-refractivity contribution is 6.30. The molecular formula is C24H19ClN2O3. The van der Waals surface area contributed by atoms with Crippen molar-refractivity contribution < 1.29 is 14.4 Å². The topological polar surface area (TPSA) is 66.5 Å². The van der Waals surface area contributed by atoms with E-state index in [9.17, 15) is 14.4 Å². The van der Waals surface area contributed by atoms with Gasteiger partial charge >= 0.3 is 0 Å². The summed E-state index contributed by atoms with van der Waals surface area (Å²) in [7, 11) is 0. The van der Waals surface area contributed by atoms with E-state index in [1.54, 1.807) is 48.5 Å². The van der Waals surface area contributed by atoms with Crippen molar-refractivity contribution in [2.45, 2.75) is 19.4 Å². The van der Waals surface area contributed by atoms with E-state index in [-0.39, 0.29) is 6.42 Å². The molecule has 3 amide bonds. The molecule has 1 aliphatic rings. The van der Waals surface area contributed by atoms with Crippen LogP contribution in [0.25, 0.3) is 0 Å². The van der Waals surface area contributed by atoms with Crippen molar-refractivity contribution in [2.75, 3.05) is 5.32 Å². The fraction of sp³-hybridized carbons (Fsp3) is 0.125. The van der Waals surface area contributed by atoms with Crippen LogP contribution in [0.3, 0.4) is 0 Å². The summed E-state index contributed by atoms with van der Waals surface area (Å²) in [5.41, 5.74) is 2.96. The number of rotatable bonds is 5. The number of benzene rings is 3. The number of carbonyl (C=O) groups is 3. The van der Waals surface area contributed by atoms with E-state index in [1.807, 2.05) is 31.2 Å². The Morgan fingerprint density at radius 2 is 1.60 bits per heavy atom. The van der Waals surface area contributed by atoms with Gasteiger partial charge in [-0.25, -0.2) is 0 Å². The highest BCUT2D eigenvalue weighted by Gasteiger charge is 2.42. The molecule has 1 unspecified atom stereocenters. The van der Waals surface area contributed by atoms with Gasteiger partial charge in [0.15, 0.2) is 0 Å². The normalized spacial score (nSPS) is 13.9. The maximum absolute atomic E-state index is 13.3. The van der Waals surface area contributed by atoms with E-state index in [1.165, 1.54) is 0 Å². The third kappa shape index (κ3) is 3.84. The van der Waals surface area contributed by atoms with Gasteiger partial charge in [-0.2, -0.15) is 0 Å². The number of hydrogen-bond donors (Lipinski definition) is 1. The second-order valence-corrected chi connectivity index (χ2v) is 7.67. The van der Waals surface area contributed by atoms with Crippen LogP contribution < -0.4 is 5.32 Å². The van der Waals surface area contributed by atoms with Crippen LogP contribution in [0, 0.1) is 6.92 Å². The lowest BCUT2D eigenvalue weighted by Gasteiger charge is -2.25. The van der Waals surface area contributed by atoms with Crippen LogP contribution in [0.4, 0.5) is 5.69 Å². The highest BCUT2D eigenvalue weighted by atomic mass is 35.5. The van der Waals surface area contributed by atoms with E-state index in [4.69, 9.17) is 11.6 Å². The van der Waals surface area contributed by atoms with E-state index >= 15 is 0 Å². The summed E-state index contributed by atoms with van der Waals surface area (Å²) in [5.74, 6) is -1.38. The summed E-state index contributed by atoms with van der Waals surface area (Å²) in [5, 5.41) is 3.37. The Labute approximate surface area is 179 Å². The summed E-state index contributed by atoms with van der Waals surface area (Å²) in [6, 6.07) is 20.0. The summed E-state index contributed by atoms with van der Waals surface area (Å²) < 4.78 is 0. The maximum Gasteiger partial charge on any atom is 0.262 e. The van der Waals surface area contributed by atoms with Crippen LogP contribution in [-0.4, -0.2) is 28.7 Å². The largest absolute Gasteiger partial charge is 0.324 e. The van der Waals surface area contributed by atoms with E-state index in [0.717, 1.165) is 16.0 Å². The molecule has 4 rings (SSSR count). The molecule has 0 radical (unpaired) electrons. The van der Waals surface area contributed by atoms with Gasteiger partial charge in [-0.15, -0.1) is 0 Å². The molecule has 0 aromatic heterocycles. The van der Waals surface area contributed by atoms with Crippen molar-refractivity contribution in [3.63, 3.8) is 0 Å². The van der Waals surface area contributed by atoms with E-state index < -0.39 is 23.8 Å². The molecule has 1 heterocycles. The van der Waals surface area contributed by atoms with Gasteiger partial charge in [0.2, 0.25) is 5.91 Å². The lowest BCUT2D eigenvalue weighted by Crippen LogP contribution is -2.48. The molecule has 0 aliphatic carbocycles. The van der Waals surface area contributed by atoms with Gasteiger partial charge in [-0.1, -0.05) is 48.0 Å². The number of aryl methyl sites for hydroxylation is 1. The third-order valence-corrected chi connectivity index (χ3v) is 5.28. The van der Waals surface area contributed by atoms with Gasteiger partial charge in [-0.05, 0) is 54.4 Å². The molecule has 3 aromatic carbocycles. The van der Waals surface area contributed by atoms with Crippen molar-refractivity contribution in [3.05, 3.63) is 100 Å². The minimum Gasteiger partial charge on any atom is -0.324 e. The van der Waals surface area contributed by atoms with Crippen molar-refractivity contribution in [2.24, 2.45) is 0 Å². The Kier molecular flexibility index (Phi) is 5.38. The SMILES string of the molecule is Cc1cccc(NC(=O)C(Cc2cccc(Cl)c2)N2C(=O)c3ccccc3C2=O)c1. The fourth-order valence-corrected chi connectivity index (χ4v) is 3.84. The molecular weight excluding hydrogens is 400 g/mol. The molecule has 3 aromatic rings. The van der Waals surface area contributed by atoms with Crippen LogP contribution in [0.2, 0.25) is 5.02 Å². The summed E-state index contributed by atoms with van der Waals surface area (Å²) >= 11 is 6.10. The second kappa shape index (κ2) is 8.13. The molecule has 150 valence electrons. The molecule has 0 saturated carbocycles. The Morgan fingerprint density at radius 3 is 2.23 bits per heavy atom. The molecule has 5 nitrogen and oxygen atoms in total. The standard InChI is InChI=1S/C24H19ClN2O3/c1-15-6-4-9-18(12-15)26-22(28)21(14-16-7-5-8-17(25)13-16)27-23(29)19-10-2-3-11-20(19)24(27)30/h2-13,21H,14H2,1H3,(H,26,28). The predicted octanol–water partition coefficient (Wildman–Crippen LogP) is 4.49. The molecule has 6 heteroatoms. The second-order valence-electron chi connectivity index (χ2n) is 7.23. The molecule has 0 bridgehead atoms. The quantitative estimate of drug-likeness (QED) is 0.620. The summed E-state index contributed by atoms with van der Waals surface area (Å²) in [6.45, 7) is 1.92. The van der Waals surface area contributed by atoms with Crippen molar-refractivity contribution in [1.82, 2.24) is 4.90 Å². The number of anilines is 1. The molecule has 1 atom stereocenters. The van der Waals surface area contributed by atoms with Crippen molar-refractivity contribution in [3.8, 4) is 0 Å².